The van der Waals surface area contributed by atoms with Crippen molar-refractivity contribution in [2.75, 3.05) is 0 Å². The highest BCUT2D eigenvalue weighted by Crippen LogP contribution is 2.37. The standard InChI is InChI=1S/C60H114O2/c1-4-7-10-13-16-19-22-25-28-31-34-37-40-43-46-49-52-56-55-59(61)60(62)58(54-51-48-45-42-39-36-33-30-27-24-21-18-15-12-9-6-3)57(56)53-50-47-44-41-38-35-32-29-26-23-20-17-14-11-8-5-2/h55,61-62H,4-54H2,1-3H3. The van der Waals surface area contributed by atoms with E-state index < -0.39 is 0 Å². The van der Waals surface area contributed by atoms with Gasteiger partial charge in [0, 0.05) is 5.56 Å². The first-order valence-electron chi connectivity index (χ1n) is 29.2. The molecule has 1 aromatic carbocycles. The Balaban J connectivity index is 2.43. The Morgan fingerprint density at radius 1 is 0.242 bits per heavy atom. The number of aromatic hydroxyl groups is 2. The quantitative estimate of drug-likeness (QED) is 0.0506. The maximum Gasteiger partial charge on any atom is 0.160 e. The van der Waals surface area contributed by atoms with Crippen LogP contribution in [-0.2, 0) is 19.3 Å². The lowest BCUT2D eigenvalue weighted by molar-refractivity contribution is 0.396. The van der Waals surface area contributed by atoms with Crippen LogP contribution >= 0.6 is 0 Å². The van der Waals surface area contributed by atoms with E-state index in [0.717, 1.165) is 31.2 Å². The first kappa shape index (κ1) is 58.8. The second-order valence-electron chi connectivity index (χ2n) is 20.5. The molecule has 0 unspecified atom stereocenters. The summed E-state index contributed by atoms with van der Waals surface area (Å²) in [5.41, 5.74) is 3.81. The predicted molar refractivity (Wildman–Crippen MR) is 280 cm³/mol. The van der Waals surface area contributed by atoms with Crippen LogP contribution in [0.1, 0.15) is 346 Å². The van der Waals surface area contributed by atoms with E-state index in [1.807, 2.05) is 6.07 Å². The molecule has 366 valence electrons. The molecule has 0 heterocycles. The van der Waals surface area contributed by atoms with Gasteiger partial charge in [0.1, 0.15) is 0 Å². The van der Waals surface area contributed by atoms with Crippen LogP contribution in [0.5, 0.6) is 11.5 Å². The molecule has 0 aliphatic heterocycles. The molecule has 0 saturated heterocycles. The van der Waals surface area contributed by atoms with Gasteiger partial charge < -0.3 is 10.2 Å². The monoisotopic (exact) mass is 867 g/mol. The molecule has 2 heteroatoms. The fourth-order valence-corrected chi connectivity index (χ4v) is 10.2. The third kappa shape index (κ3) is 37.1. The molecular formula is C60H114O2. The van der Waals surface area contributed by atoms with E-state index in [2.05, 4.69) is 20.8 Å². The van der Waals surface area contributed by atoms with E-state index in [1.165, 1.54) is 313 Å². The van der Waals surface area contributed by atoms with E-state index in [9.17, 15) is 10.2 Å². The second kappa shape index (κ2) is 47.8. The van der Waals surface area contributed by atoms with Crippen molar-refractivity contribution >= 4 is 0 Å². The van der Waals surface area contributed by atoms with E-state index in [0.29, 0.717) is 0 Å². The Hall–Kier alpha value is -1.18. The summed E-state index contributed by atoms with van der Waals surface area (Å²) in [6, 6.07) is 1.94. The molecule has 0 fully saturated rings. The Kier molecular flexibility index (Phi) is 45.3. The highest BCUT2D eigenvalue weighted by atomic mass is 16.3. The van der Waals surface area contributed by atoms with Crippen molar-refractivity contribution in [3.05, 3.63) is 22.8 Å². The highest BCUT2D eigenvalue weighted by Gasteiger charge is 2.17. The topological polar surface area (TPSA) is 40.5 Å². The molecule has 2 N–H and O–H groups in total. The number of unbranched alkanes of at least 4 members (excludes halogenated alkanes) is 45. The van der Waals surface area contributed by atoms with Crippen LogP contribution in [-0.4, -0.2) is 10.2 Å². The van der Waals surface area contributed by atoms with Crippen LogP contribution in [0.3, 0.4) is 0 Å². The van der Waals surface area contributed by atoms with Gasteiger partial charge in [-0.2, -0.15) is 0 Å². The fourth-order valence-electron chi connectivity index (χ4n) is 10.2. The van der Waals surface area contributed by atoms with E-state index in [4.69, 9.17) is 0 Å². The molecule has 0 aliphatic rings. The van der Waals surface area contributed by atoms with Crippen LogP contribution in [0.25, 0.3) is 0 Å². The molecule has 1 rings (SSSR count). The van der Waals surface area contributed by atoms with Crippen molar-refractivity contribution in [3.63, 3.8) is 0 Å². The maximum atomic E-state index is 11.2. The van der Waals surface area contributed by atoms with Crippen molar-refractivity contribution in [3.8, 4) is 11.5 Å². The summed E-state index contributed by atoms with van der Waals surface area (Å²) in [5, 5.41) is 22.2. The van der Waals surface area contributed by atoms with Gasteiger partial charge in [0.15, 0.2) is 11.5 Å². The summed E-state index contributed by atoms with van der Waals surface area (Å²) in [7, 11) is 0. The normalized spacial score (nSPS) is 11.7. The second-order valence-corrected chi connectivity index (χ2v) is 20.5. The number of benzene rings is 1. The lowest BCUT2D eigenvalue weighted by atomic mass is 9.89. The smallest absolute Gasteiger partial charge is 0.160 e. The van der Waals surface area contributed by atoms with Gasteiger partial charge in [-0.3, -0.25) is 0 Å². The zero-order chi connectivity index (χ0) is 44.7. The number of hydrogen-bond acceptors (Lipinski definition) is 2. The van der Waals surface area contributed by atoms with Gasteiger partial charge in [-0.25, -0.2) is 0 Å². The summed E-state index contributed by atoms with van der Waals surface area (Å²) < 4.78 is 0. The molecule has 0 aliphatic carbocycles. The van der Waals surface area contributed by atoms with Crippen molar-refractivity contribution in [2.45, 2.75) is 348 Å². The molecule has 0 bridgehead atoms. The zero-order valence-electron chi connectivity index (χ0n) is 43.0. The van der Waals surface area contributed by atoms with Gasteiger partial charge in [0.25, 0.3) is 0 Å². The SMILES string of the molecule is CCCCCCCCCCCCCCCCCCc1cc(O)c(O)c(CCCCCCCCCCCCCCCCCC)c1CCCCCCCCCCCCCCCCCC. The third-order valence-electron chi connectivity index (χ3n) is 14.5. The molecule has 62 heavy (non-hydrogen) atoms. The zero-order valence-corrected chi connectivity index (χ0v) is 43.0. The minimum Gasteiger partial charge on any atom is -0.504 e. The minimum atomic E-state index is 0.124. The van der Waals surface area contributed by atoms with Crippen molar-refractivity contribution in [1.82, 2.24) is 0 Å². The number of aryl methyl sites for hydroxylation is 1. The largest absolute Gasteiger partial charge is 0.504 e. The summed E-state index contributed by atoms with van der Waals surface area (Å²) in [6.45, 7) is 6.91. The molecular weight excluding hydrogens is 753 g/mol. The molecule has 2 nitrogen and oxygen atoms in total. The van der Waals surface area contributed by atoms with Crippen LogP contribution in [0.4, 0.5) is 0 Å². The van der Waals surface area contributed by atoms with Crippen molar-refractivity contribution < 1.29 is 10.2 Å². The van der Waals surface area contributed by atoms with Gasteiger partial charge in [-0.05, 0) is 55.7 Å². The van der Waals surface area contributed by atoms with Crippen LogP contribution in [0.2, 0.25) is 0 Å². The highest BCUT2D eigenvalue weighted by molar-refractivity contribution is 5.53. The van der Waals surface area contributed by atoms with Crippen LogP contribution in [0, 0.1) is 0 Å². The number of phenols is 2. The van der Waals surface area contributed by atoms with Crippen LogP contribution < -0.4 is 0 Å². The Morgan fingerprint density at radius 2 is 0.435 bits per heavy atom. The summed E-state index contributed by atoms with van der Waals surface area (Å²) >= 11 is 0. The first-order chi connectivity index (χ1) is 30.7. The third-order valence-corrected chi connectivity index (χ3v) is 14.5. The molecule has 0 aromatic heterocycles. The molecule has 0 radical (unpaired) electrons. The summed E-state index contributed by atoms with van der Waals surface area (Å²) in [4.78, 5) is 0. The molecule has 0 amide bonds. The Bertz CT molecular complexity index is 1030. The maximum absolute atomic E-state index is 11.2. The van der Waals surface area contributed by atoms with E-state index in [-0.39, 0.29) is 11.5 Å². The lowest BCUT2D eigenvalue weighted by Gasteiger charge is -2.18. The van der Waals surface area contributed by atoms with Gasteiger partial charge in [-0.1, -0.05) is 310 Å². The minimum absolute atomic E-state index is 0.124. The first-order valence-corrected chi connectivity index (χ1v) is 29.2. The Labute approximate surface area is 391 Å². The van der Waals surface area contributed by atoms with E-state index >= 15 is 0 Å². The Morgan fingerprint density at radius 3 is 0.677 bits per heavy atom. The van der Waals surface area contributed by atoms with Gasteiger partial charge in [-0.15, -0.1) is 0 Å². The van der Waals surface area contributed by atoms with Crippen molar-refractivity contribution in [2.24, 2.45) is 0 Å². The average molecular weight is 868 g/mol. The van der Waals surface area contributed by atoms with Gasteiger partial charge in [0.05, 0.1) is 0 Å². The summed E-state index contributed by atoms with van der Waals surface area (Å²) in [6.07, 6.45) is 69.7. The molecule has 1 aromatic rings. The molecule has 0 spiro atoms. The predicted octanol–water partition coefficient (Wildman–Crippen LogP) is 21.5. The molecule has 0 atom stereocenters. The van der Waals surface area contributed by atoms with E-state index in [1.54, 1.807) is 0 Å². The number of hydrogen-bond donors (Lipinski definition) is 2. The average Bonchev–Trinajstić information content (AvgIpc) is 3.27. The number of phenolic OH excluding ortho intramolecular Hbond substituents is 2. The summed E-state index contributed by atoms with van der Waals surface area (Å²) in [5.74, 6) is 0.312. The van der Waals surface area contributed by atoms with Gasteiger partial charge in [0.2, 0.25) is 0 Å². The fraction of sp³-hybridized carbons (Fsp3) is 0.900. The van der Waals surface area contributed by atoms with Gasteiger partial charge >= 0.3 is 0 Å². The number of rotatable bonds is 51. The molecule has 0 saturated carbocycles. The van der Waals surface area contributed by atoms with Crippen LogP contribution in [0.15, 0.2) is 6.07 Å². The lowest BCUT2D eigenvalue weighted by Crippen LogP contribution is -2.03. The van der Waals surface area contributed by atoms with Crippen molar-refractivity contribution in [1.29, 1.82) is 0 Å².